The highest BCUT2D eigenvalue weighted by Gasteiger charge is 2.51. The van der Waals surface area contributed by atoms with Gasteiger partial charge in [-0.3, -0.25) is 4.57 Å². The Morgan fingerprint density at radius 2 is 2.22 bits per heavy atom. The van der Waals surface area contributed by atoms with Crippen molar-refractivity contribution in [3.8, 4) is 0 Å². The van der Waals surface area contributed by atoms with Crippen molar-refractivity contribution in [1.82, 2.24) is 19.5 Å². The summed E-state index contributed by atoms with van der Waals surface area (Å²) in [6, 6.07) is 0. The molecule has 3 heterocycles. The molecule has 4 rings (SSSR count). The Morgan fingerprint density at radius 3 is 2.91 bits per heavy atom. The van der Waals surface area contributed by atoms with Crippen molar-refractivity contribution < 1.29 is 19.3 Å². The van der Waals surface area contributed by atoms with E-state index in [2.05, 4.69) is 15.0 Å². The van der Waals surface area contributed by atoms with Gasteiger partial charge in [0.05, 0.1) is 19.0 Å². The molecule has 2 aromatic heterocycles. The zero-order valence-electron chi connectivity index (χ0n) is 12.4. The fourth-order valence-corrected chi connectivity index (χ4v) is 3.30. The summed E-state index contributed by atoms with van der Waals surface area (Å²) in [6.45, 7) is -0.265. The van der Waals surface area contributed by atoms with Crippen LogP contribution in [0.2, 0.25) is 0 Å². The van der Waals surface area contributed by atoms with E-state index in [4.69, 9.17) is 10.5 Å². The van der Waals surface area contributed by atoms with Gasteiger partial charge in [-0.05, 0) is 12.3 Å². The minimum atomic E-state index is -0.987. The number of imidazole rings is 1. The van der Waals surface area contributed by atoms with E-state index < -0.39 is 24.0 Å². The molecule has 1 aliphatic heterocycles. The van der Waals surface area contributed by atoms with Crippen LogP contribution in [0.5, 0.6) is 0 Å². The Balaban J connectivity index is 1.69. The lowest BCUT2D eigenvalue weighted by Gasteiger charge is -2.30. The highest BCUT2D eigenvalue weighted by molar-refractivity contribution is 5.81. The molecular formula is C14H18FN5O3. The van der Waals surface area contributed by atoms with Crippen molar-refractivity contribution in [2.24, 2.45) is 5.92 Å². The van der Waals surface area contributed by atoms with Gasteiger partial charge in [-0.2, -0.15) is 14.4 Å². The SMILES string of the molecule is Nc1nc(F)nc2c1ncn2[C@H]1CC(O)[C@](CO)(CC2CC2)O1. The van der Waals surface area contributed by atoms with Gasteiger partial charge in [-0.15, -0.1) is 0 Å². The number of hydrogen-bond acceptors (Lipinski definition) is 7. The number of nitrogens with zero attached hydrogens (tertiary/aromatic N) is 4. The summed E-state index contributed by atoms with van der Waals surface area (Å²) >= 11 is 0. The van der Waals surface area contributed by atoms with E-state index in [1.54, 1.807) is 0 Å². The Kier molecular flexibility index (Phi) is 3.26. The smallest absolute Gasteiger partial charge is 0.312 e. The minimum Gasteiger partial charge on any atom is -0.393 e. The van der Waals surface area contributed by atoms with Crippen LogP contribution >= 0.6 is 0 Å². The molecule has 2 aromatic rings. The normalized spacial score (nSPS) is 31.1. The summed E-state index contributed by atoms with van der Waals surface area (Å²) < 4.78 is 21.0. The number of ether oxygens (including phenoxy) is 1. The number of aliphatic hydroxyl groups is 2. The topological polar surface area (TPSA) is 119 Å². The van der Waals surface area contributed by atoms with E-state index in [1.807, 2.05) is 0 Å². The molecule has 2 aliphatic rings. The maximum Gasteiger partial charge on any atom is 0.312 e. The first-order chi connectivity index (χ1) is 11.0. The number of nitrogen functional groups attached to an aromatic ring is 1. The van der Waals surface area contributed by atoms with Gasteiger partial charge in [0.25, 0.3) is 0 Å². The minimum absolute atomic E-state index is 0.0452. The number of anilines is 1. The van der Waals surface area contributed by atoms with Gasteiger partial charge >= 0.3 is 6.08 Å². The first-order valence-corrected chi connectivity index (χ1v) is 7.65. The lowest BCUT2D eigenvalue weighted by atomic mass is 9.91. The fraction of sp³-hybridized carbons (Fsp3) is 0.643. The van der Waals surface area contributed by atoms with Crippen LogP contribution in [-0.2, 0) is 4.74 Å². The van der Waals surface area contributed by atoms with E-state index in [1.165, 1.54) is 10.9 Å². The third-order valence-electron chi connectivity index (χ3n) is 4.73. The number of nitrogens with two attached hydrogens (primary N) is 1. The Hall–Kier alpha value is -1.84. The summed E-state index contributed by atoms with van der Waals surface area (Å²) in [5, 5.41) is 20.2. The highest BCUT2D eigenvalue weighted by Crippen LogP contribution is 2.46. The Morgan fingerprint density at radius 1 is 1.43 bits per heavy atom. The molecule has 8 nitrogen and oxygen atoms in total. The van der Waals surface area contributed by atoms with Crippen molar-refractivity contribution in [1.29, 1.82) is 0 Å². The third-order valence-corrected chi connectivity index (χ3v) is 4.73. The molecule has 0 radical (unpaired) electrons. The number of aliphatic hydroxyl groups excluding tert-OH is 2. The summed E-state index contributed by atoms with van der Waals surface area (Å²) in [5.74, 6) is 0.432. The molecule has 1 unspecified atom stereocenters. The quantitative estimate of drug-likeness (QED) is 0.695. The molecule has 23 heavy (non-hydrogen) atoms. The second kappa shape index (κ2) is 5.08. The predicted molar refractivity (Wildman–Crippen MR) is 77.6 cm³/mol. The molecule has 9 heteroatoms. The van der Waals surface area contributed by atoms with Crippen molar-refractivity contribution in [3.63, 3.8) is 0 Å². The van der Waals surface area contributed by atoms with Crippen molar-refractivity contribution >= 4 is 17.0 Å². The molecule has 0 spiro atoms. The van der Waals surface area contributed by atoms with Crippen LogP contribution in [0.1, 0.15) is 31.9 Å². The van der Waals surface area contributed by atoms with Gasteiger partial charge in [0, 0.05) is 6.42 Å². The number of hydrogen-bond donors (Lipinski definition) is 3. The van der Waals surface area contributed by atoms with E-state index in [9.17, 15) is 14.6 Å². The van der Waals surface area contributed by atoms with Crippen molar-refractivity contribution in [2.75, 3.05) is 12.3 Å². The van der Waals surface area contributed by atoms with Gasteiger partial charge in [0.2, 0.25) is 0 Å². The molecule has 1 saturated carbocycles. The average molecular weight is 323 g/mol. The maximum absolute atomic E-state index is 13.4. The molecule has 3 atom stereocenters. The third kappa shape index (κ3) is 2.35. The van der Waals surface area contributed by atoms with Crippen molar-refractivity contribution in [3.05, 3.63) is 12.4 Å². The zero-order chi connectivity index (χ0) is 16.2. The number of halogens is 1. The highest BCUT2D eigenvalue weighted by atomic mass is 19.1. The Labute approximate surface area is 131 Å². The second-order valence-electron chi connectivity index (χ2n) is 6.40. The van der Waals surface area contributed by atoms with E-state index in [-0.39, 0.29) is 30.0 Å². The monoisotopic (exact) mass is 323 g/mol. The lowest BCUT2D eigenvalue weighted by Crippen LogP contribution is -2.43. The van der Waals surface area contributed by atoms with Gasteiger partial charge in [0.15, 0.2) is 17.0 Å². The van der Waals surface area contributed by atoms with Crippen LogP contribution in [0, 0.1) is 12.0 Å². The number of aromatic nitrogens is 4. The van der Waals surface area contributed by atoms with E-state index in [0.29, 0.717) is 12.3 Å². The molecular weight excluding hydrogens is 305 g/mol. The van der Waals surface area contributed by atoms with Gasteiger partial charge in [0.1, 0.15) is 11.8 Å². The average Bonchev–Trinajstić information content (AvgIpc) is 3.11. The Bertz CT molecular complexity index is 749. The second-order valence-corrected chi connectivity index (χ2v) is 6.40. The van der Waals surface area contributed by atoms with Crippen LogP contribution in [-0.4, -0.2) is 48.0 Å². The molecule has 124 valence electrons. The van der Waals surface area contributed by atoms with Crippen LogP contribution in [0.15, 0.2) is 6.33 Å². The van der Waals surface area contributed by atoms with Gasteiger partial charge < -0.3 is 20.7 Å². The van der Waals surface area contributed by atoms with E-state index >= 15 is 0 Å². The van der Waals surface area contributed by atoms with Crippen LogP contribution in [0.3, 0.4) is 0 Å². The predicted octanol–water partition coefficient (Wildman–Crippen LogP) is 0.359. The molecule has 0 bridgehead atoms. The van der Waals surface area contributed by atoms with Gasteiger partial charge in [-0.1, -0.05) is 12.8 Å². The largest absolute Gasteiger partial charge is 0.393 e. The molecule has 2 fully saturated rings. The molecule has 1 aliphatic carbocycles. The standard InChI is InChI=1S/C14H18FN5O3/c15-13-18-11(16)10-12(19-13)20(6-17-10)9-3-8(22)14(5-21,23-9)4-7-1-2-7/h6-9,21-22H,1-5H2,(H2,16,18,19)/t8?,9-,14-/m1/s1. The lowest BCUT2D eigenvalue weighted by molar-refractivity contribution is -0.133. The molecule has 0 aromatic carbocycles. The summed E-state index contributed by atoms with van der Waals surface area (Å²) in [5.41, 5.74) is 5.17. The number of rotatable bonds is 4. The molecule has 0 amide bonds. The van der Waals surface area contributed by atoms with E-state index in [0.717, 1.165) is 12.8 Å². The van der Waals surface area contributed by atoms with Gasteiger partial charge in [-0.25, -0.2) is 4.98 Å². The summed E-state index contributed by atoms with van der Waals surface area (Å²) in [7, 11) is 0. The molecule has 4 N–H and O–H groups in total. The fourth-order valence-electron chi connectivity index (χ4n) is 3.30. The first kappa shape index (κ1) is 14.7. The first-order valence-electron chi connectivity index (χ1n) is 7.65. The van der Waals surface area contributed by atoms with Crippen LogP contribution < -0.4 is 5.73 Å². The summed E-state index contributed by atoms with van der Waals surface area (Å²) in [6.07, 6.45) is 2.16. The van der Waals surface area contributed by atoms with Crippen LogP contribution in [0.4, 0.5) is 10.2 Å². The summed E-state index contributed by atoms with van der Waals surface area (Å²) in [4.78, 5) is 11.3. The maximum atomic E-state index is 13.4. The van der Waals surface area contributed by atoms with Crippen molar-refractivity contribution in [2.45, 2.75) is 43.6 Å². The zero-order valence-corrected chi connectivity index (χ0v) is 12.4. The molecule has 1 saturated heterocycles. The van der Waals surface area contributed by atoms with Crippen LogP contribution in [0.25, 0.3) is 11.2 Å². The number of fused-ring (bicyclic) bond motifs is 1.